The third-order valence-electron chi connectivity index (χ3n) is 5.80. The van der Waals surface area contributed by atoms with E-state index in [9.17, 15) is 9.59 Å². The third-order valence-corrected chi connectivity index (χ3v) is 10.8. The predicted octanol–water partition coefficient (Wildman–Crippen LogP) is 4.80. The molecule has 0 spiro atoms. The van der Waals surface area contributed by atoms with Crippen LogP contribution in [0.15, 0.2) is 60.7 Å². The maximum Gasteiger partial charge on any atom is 0.408 e. The zero-order valence-electron chi connectivity index (χ0n) is 22.2. The number of rotatable bonds is 10. The lowest BCUT2D eigenvalue weighted by Crippen LogP contribution is -2.66. The third kappa shape index (κ3) is 7.94. The second-order valence-electron chi connectivity index (χ2n) is 10.7. The van der Waals surface area contributed by atoms with Gasteiger partial charge in [0, 0.05) is 6.61 Å². The van der Waals surface area contributed by atoms with E-state index in [4.69, 9.17) is 13.9 Å². The van der Waals surface area contributed by atoms with Gasteiger partial charge in [-0.25, -0.2) is 9.59 Å². The Morgan fingerprint density at radius 1 is 0.857 bits per heavy atom. The van der Waals surface area contributed by atoms with Gasteiger partial charge in [0.15, 0.2) is 0 Å². The van der Waals surface area contributed by atoms with Crippen LogP contribution >= 0.6 is 0 Å². The Hall–Kier alpha value is -2.64. The highest BCUT2D eigenvalue weighted by molar-refractivity contribution is 6.99. The van der Waals surface area contributed by atoms with Crippen molar-refractivity contribution in [3.8, 4) is 0 Å². The molecular weight excluding hydrogens is 458 g/mol. The topological polar surface area (TPSA) is 73.9 Å². The lowest BCUT2D eigenvalue weighted by atomic mass is 10.1. The van der Waals surface area contributed by atoms with Crippen LogP contribution in [0.1, 0.15) is 60.8 Å². The van der Waals surface area contributed by atoms with Crippen LogP contribution < -0.4 is 15.7 Å². The van der Waals surface area contributed by atoms with Gasteiger partial charge in [-0.1, -0.05) is 81.4 Å². The standard InChI is InChI=1S/C28H41NO5Si/c1-27(2,3)34-26(31)29-24(25(30)32-7)20-14-15-21-33-35(28(4,5)6,22-16-10-8-11-17-22)23-18-12-9-13-19-23/h8-13,16-19,24H,14-15,20-21H2,1-7H3,(H,29,31). The van der Waals surface area contributed by atoms with Crippen LogP contribution in [0.2, 0.25) is 5.04 Å². The molecule has 2 aromatic rings. The summed E-state index contributed by atoms with van der Waals surface area (Å²) in [5, 5.41) is 5.01. The van der Waals surface area contributed by atoms with Crippen molar-refractivity contribution in [2.75, 3.05) is 13.7 Å². The molecule has 0 saturated heterocycles. The number of methoxy groups -OCH3 is 1. The van der Waals surface area contributed by atoms with Crippen LogP contribution in [0.3, 0.4) is 0 Å². The van der Waals surface area contributed by atoms with Crippen LogP contribution in [-0.4, -0.2) is 45.7 Å². The summed E-state index contributed by atoms with van der Waals surface area (Å²) in [6, 6.07) is 20.2. The monoisotopic (exact) mass is 499 g/mol. The highest BCUT2D eigenvalue weighted by Gasteiger charge is 2.49. The van der Waals surface area contributed by atoms with E-state index in [1.54, 1.807) is 20.8 Å². The van der Waals surface area contributed by atoms with Crippen molar-refractivity contribution in [3.63, 3.8) is 0 Å². The van der Waals surface area contributed by atoms with E-state index < -0.39 is 32.0 Å². The summed E-state index contributed by atoms with van der Waals surface area (Å²) in [4.78, 5) is 24.4. The number of esters is 1. The fourth-order valence-electron chi connectivity index (χ4n) is 4.28. The van der Waals surface area contributed by atoms with Gasteiger partial charge in [0.25, 0.3) is 8.32 Å². The molecule has 0 aliphatic heterocycles. The van der Waals surface area contributed by atoms with Gasteiger partial charge in [-0.3, -0.25) is 0 Å². The van der Waals surface area contributed by atoms with Crippen molar-refractivity contribution in [1.82, 2.24) is 5.32 Å². The second-order valence-corrected chi connectivity index (χ2v) is 15.0. The molecule has 192 valence electrons. The van der Waals surface area contributed by atoms with E-state index >= 15 is 0 Å². The van der Waals surface area contributed by atoms with Gasteiger partial charge in [0.2, 0.25) is 0 Å². The molecule has 1 atom stereocenters. The van der Waals surface area contributed by atoms with E-state index in [-0.39, 0.29) is 5.04 Å². The molecule has 35 heavy (non-hydrogen) atoms. The van der Waals surface area contributed by atoms with Gasteiger partial charge in [0.05, 0.1) is 7.11 Å². The highest BCUT2D eigenvalue weighted by Crippen LogP contribution is 2.36. The molecule has 0 radical (unpaired) electrons. The summed E-state index contributed by atoms with van der Waals surface area (Å²) in [6.07, 6.45) is 1.24. The normalized spacial score (nSPS) is 13.1. The first-order valence-electron chi connectivity index (χ1n) is 12.2. The molecule has 0 aromatic heterocycles. The summed E-state index contributed by atoms with van der Waals surface area (Å²) in [6.45, 7) is 12.6. The summed E-state index contributed by atoms with van der Waals surface area (Å²) in [5.74, 6) is -0.483. The van der Waals surface area contributed by atoms with E-state index in [2.05, 4.69) is 74.6 Å². The molecule has 1 amide bonds. The van der Waals surface area contributed by atoms with Crippen molar-refractivity contribution < 1.29 is 23.5 Å². The van der Waals surface area contributed by atoms with Gasteiger partial charge in [-0.05, 0) is 55.4 Å². The Kier molecular flexibility index (Phi) is 10.1. The van der Waals surface area contributed by atoms with Gasteiger partial charge in [-0.15, -0.1) is 0 Å². The summed E-state index contributed by atoms with van der Waals surface area (Å²) in [5.41, 5.74) is -0.644. The molecule has 1 unspecified atom stereocenters. The molecule has 7 heteroatoms. The number of hydrogen-bond acceptors (Lipinski definition) is 5. The SMILES string of the molecule is COC(=O)C(CCCCO[Si](c1ccccc1)(c1ccccc1)C(C)(C)C)NC(=O)OC(C)(C)C. The van der Waals surface area contributed by atoms with Gasteiger partial charge < -0.3 is 19.2 Å². The summed E-state index contributed by atoms with van der Waals surface area (Å²) >= 11 is 0. The Bertz CT molecular complexity index is 896. The minimum atomic E-state index is -2.59. The lowest BCUT2D eigenvalue weighted by molar-refractivity contribution is -0.143. The van der Waals surface area contributed by atoms with E-state index in [0.717, 1.165) is 6.42 Å². The molecule has 1 N–H and O–H groups in total. The van der Waals surface area contributed by atoms with Crippen LogP contribution in [-0.2, 0) is 18.7 Å². The number of carbonyl (C=O) groups excluding carboxylic acids is 2. The molecule has 2 aromatic carbocycles. The Morgan fingerprint density at radius 3 is 1.80 bits per heavy atom. The van der Waals surface area contributed by atoms with Crippen molar-refractivity contribution in [2.45, 2.75) is 77.5 Å². The van der Waals surface area contributed by atoms with Gasteiger partial charge in [0.1, 0.15) is 11.6 Å². The number of alkyl carbamates (subject to hydrolysis) is 1. The van der Waals surface area contributed by atoms with E-state index in [0.29, 0.717) is 19.4 Å². The summed E-state index contributed by atoms with van der Waals surface area (Å²) < 4.78 is 17.1. The predicted molar refractivity (Wildman–Crippen MR) is 143 cm³/mol. The molecule has 2 rings (SSSR count). The fraction of sp³-hybridized carbons (Fsp3) is 0.500. The first-order valence-corrected chi connectivity index (χ1v) is 14.1. The van der Waals surface area contributed by atoms with Gasteiger partial charge >= 0.3 is 12.1 Å². The van der Waals surface area contributed by atoms with E-state index in [1.165, 1.54) is 17.5 Å². The number of amides is 1. The molecule has 0 heterocycles. The number of benzene rings is 2. The van der Waals surface area contributed by atoms with Crippen molar-refractivity contribution in [3.05, 3.63) is 60.7 Å². The zero-order chi connectivity index (χ0) is 26.1. The zero-order valence-corrected chi connectivity index (χ0v) is 23.2. The van der Waals surface area contributed by atoms with Crippen molar-refractivity contribution >= 4 is 30.8 Å². The molecule has 0 fully saturated rings. The quantitative estimate of drug-likeness (QED) is 0.289. The minimum Gasteiger partial charge on any atom is -0.467 e. The molecular formula is C28H41NO5Si. The number of carbonyl (C=O) groups is 2. The molecule has 0 bridgehead atoms. The smallest absolute Gasteiger partial charge is 0.408 e. The first-order chi connectivity index (χ1) is 16.4. The number of unbranched alkanes of at least 4 members (excludes halogenated alkanes) is 1. The van der Waals surface area contributed by atoms with Crippen molar-refractivity contribution in [2.24, 2.45) is 0 Å². The Balaban J connectivity index is 2.12. The molecule has 6 nitrogen and oxygen atoms in total. The highest BCUT2D eigenvalue weighted by atomic mass is 28.4. The second kappa shape index (κ2) is 12.4. The van der Waals surface area contributed by atoms with Crippen molar-refractivity contribution in [1.29, 1.82) is 0 Å². The average molecular weight is 500 g/mol. The number of nitrogens with one attached hydrogen (secondary N) is 1. The number of hydrogen-bond donors (Lipinski definition) is 1. The largest absolute Gasteiger partial charge is 0.467 e. The average Bonchev–Trinajstić information content (AvgIpc) is 2.79. The molecule has 0 aliphatic carbocycles. The maximum absolute atomic E-state index is 12.2. The van der Waals surface area contributed by atoms with E-state index in [1.807, 2.05) is 12.1 Å². The van der Waals surface area contributed by atoms with Gasteiger partial charge in [-0.2, -0.15) is 0 Å². The number of ether oxygens (including phenoxy) is 2. The fourth-order valence-corrected chi connectivity index (χ4v) is 8.88. The molecule has 0 saturated carbocycles. The lowest BCUT2D eigenvalue weighted by Gasteiger charge is -2.43. The summed E-state index contributed by atoms with van der Waals surface area (Å²) in [7, 11) is -1.27. The van der Waals surface area contributed by atoms with Crippen LogP contribution in [0.5, 0.6) is 0 Å². The first kappa shape index (κ1) is 28.6. The molecule has 0 aliphatic rings. The Morgan fingerprint density at radius 2 is 1.37 bits per heavy atom. The van der Waals surface area contributed by atoms with Crippen LogP contribution in [0.4, 0.5) is 4.79 Å². The maximum atomic E-state index is 12.2. The minimum absolute atomic E-state index is 0.0947. The Labute approximate surface area is 211 Å². The van der Waals surface area contributed by atoms with Crippen LogP contribution in [0, 0.1) is 0 Å². The van der Waals surface area contributed by atoms with Crippen LogP contribution in [0.25, 0.3) is 0 Å².